The van der Waals surface area contributed by atoms with E-state index in [1.165, 1.54) is 0 Å². The molecule has 17 heavy (non-hydrogen) atoms. The molecule has 1 atom stereocenters. The zero-order valence-corrected chi connectivity index (χ0v) is 9.94. The molecule has 0 radical (unpaired) electrons. The van der Waals surface area contributed by atoms with Crippen LogP contribution >= 0.6 is 0 Å². The summed E-state index contributed by atoms with van der Waals surface area (Å²) in [5, 5.41) is 12.4. The molecule has 0 saturated carbocycles. The van der Waals surface area contributed by atoms with Gasteiger partial charge in [-0.25, -0.2) is 0 Å². The van der Waals surface area contributed by atoms with Gasteiger partial charge in [-0.15, -0.1) is 0 Å². The minimum Gasteiger partial charge on any atom is -0.508 e. The van der Waals surface area contributed by atoms with E-state index in [4.69, 9.17) is 0 Å². The van der Waals surface area contributed by atoms with Crippen LogP contribution in [0.4, 0.5) is 5.69 Å². The molecule has 0 bridgehead atoms. The van der Waals surface area contributed by atoms with Gasteiger partial charge in [-0.1, -0.05) is 18.2 Å². The van der Waals surface area contributed by atoms with Gasteiger partial charge in [0.15, 0.2) is 0 Å². The number of rotatable bonds is 2. The van der Waals surface area contributed by atoms with Gasteiger partial charge in [0.05, 0.1) is 0 Å². The summed E-state index contributed by atoms with van der Waals surface area (Å²) in [6.45, 7) is 1.80. The predicted molar refractivity (Wildman–Crippen MR) is 68.0 cm³/mol. The van der Waals surface area contributed by atoms with E-state index in [0.717, 1.165) is 19.3 Å². The van der Waals surface area contributed by atoms with Crippen LogP contribution in [0.1, 0.15) is 24.8 Å². The molecule has 3 heteroatoms. The lowest BCUT2D eigenvalue weighted by Crippen LogP contribution is -2.23. The second-order valence-electron chi connectivity index (χ2n) is 4.42. The molecular weight excluding hydrogens is 214 g/mol. The highest BCUT2D eigenvalue weighted by atomic mass is 16.3. The largest absolute Gasteiger partial charge is 0.508 e. The Labute approximate surface area is 101 Å². The Morgan fingerprint density at radius 2 is 2.24 bits per heavy atom. The maximum atomic E-state index is 12.0. The van der Waals surface area contributed by atoms with Crippen molar-refractivity contribution in [2.24, 2.45) is 5.92 Å². The van der Waals surface area contributed by atoms with Gasteiger partial charge in [0.1, 0.15) is 5.75 Å². The minimum absolute atomic E-state index is 0.0445. The molecule has 1 aromatic carbocycles. The van der Waals surface area contributed by atoms with Crippen LogP contribution in [0.5, 0.6) is 5.75 Å². The molecular formula is C14H17NO2. The molecule has 0 aromatic heterocycles. The first kappa shape index (κ1) is 11.7. The Hall–Kier alpha value is -1.77. The topological polar surface area (TPSA) is 49.3 Å². The summed E-state index contributed by atoms with van der Waals surface area (Å²) >= 11 is 0. The Balaban J connectivity index is 2.07. The highest BCUT2D eigenvalue weighted by molar-refractivity contribution is 5.93. The number of hydrogen-bond acceptors (Lipinski definition) is 2. The molecule has 3 nitrogen and oxygen atoms in total. The average molecular weight is 231 g/mol. The fourth-order valence-corrected chi connectivity index (χ4v) is 2.03. The molecule has 90 valence electrons. The molecule has 1 unspecified atom stereocenters. The molecule has 2 N–H and O–H groups in total. The van der Waals surface area contributed by atoms with E-state index in [1.807, 2.05) is 6.07 Å². The van der Waals surface area contributed by atoms with Gasteiger partial charge in [0, 0.05) is 17.2 Å². The molecule has 0 fully saturated rings. The van der Waals surface area contributed by atoms with Gasteiger partial charge in [-0.2, -0.15) is 0 Å². The SMILES string of the molecule is Cc1c(O)cccc1NC(=O)C1CC=CCC1. The third kappa shape index (κ3) is 2.67. The highest BCUT2D eigenvalue weighted by Crippen LogP contribution is 2.26. The monoisotopic (exact) mass is 231 g/mol. The second kappa shape index (κ2) is 5.04. The Morgan fingerprint density at radius 3 is 2.94 bits per heavy atom. The lowest BCUT2D eigenvalue weighted by molar-refractivity contribution is -0.120. The van der Waals surface area contributed by atoms with Crippen LogP contribution in [0.2, 0.25) is 0 Å². The number of phenolic OH excluding ortho intramolecular Hbond substituents is 1. The second-order valence-corrected chi connectivity index (χ2v) is 4.42. The number of benzene rings is 1. The maximum Gasteiger partial charge on any atom is 0.227 e. The van der Waals surface area contributed by atoms with Crippen LogP contribution in [0, 0.1) is 12.8 Å². The van der Waals surface area contributed by atoms with Crippen LogP contribution in [0.3, 0.4) is 0 Å². The quantitative estimate of drug-likeness (QED) is 0.769. The van der Waals surface area contributed by atoms with E-state index in [9.17, 15) is 9.90 Å². The number of nitrogens with one attached hydrogen (secondary N) is 1. The lowest BCUT2D eigenvalue weighted by atomic mass is 9.93. The maximum absolute atomic E-state index is 12.0. The first-order chi connectivity index (χ1) is 8.18. The van der Waals surface area contributed by atoms with Crippen molar-refractivity contribution in [3.8, 4) is 5.75 Å². The van der Waals surface area contributed by atoms with Gasteiger partial charge in [0.25, 0.3) is 0 Å². The fraction of sp³-hybridized carbons (Fsp3) is 0.357. The Kier molecular flexibility index (Phi) is 3.47. The Bertz CT molecular complexity index is 452. The van der Waals surface area contributed by atoms with Gasteiger partial charge in [0.2, 0.25) is 5.91 Å². The Morgan fingerprint density at radius 1 is 1.41 bits per heavy atom. The van der Waals surface area contributed by atoms with E-state index in [2.05, 4.69) is 17.5 Å². The van der Waals surface area contributed by atoms with Crippen molar-refractivity contribution in [3.63, 3.8) is 0 Å². The number of amides is 1. The molecule has 0 heterocycles. The van der Waals surface area contributed by atoms with E-state index in [0.29, 0.717) is 11.3 Å². The zero-order valence-electron chi connectivity index (χ0n) is 9.94. The number of phenols is 1. The normalized spacial score (nSPS) is 19.0. The van der Waals surface area contributed by atoms with Crippen molar-refractivity contribution in [3.05, 3.63) is 35.9 Å². The number of aromatic hydroxyl groups is 1. The molecule has 0 aliphatic heterocycles. The van der Waals surface area contributed by atoms with Crippen LogP contribution in [0.25, 0.3) is 0 Å². The number of carbonyl (C=O) groups excluding carboxylic acids is 1. The summed E-state index contributed by atoms with van der Waals surface area (Å²) < 4.78 is 0. The smallest absolute Gasteiger partial charge is 0.227 e. The van der Waals surface area contributed by atoms with Crippen LogP contribution in [-0.2, 0) is 4.79 Å². The first-order valence-electron chi connectivity index (χ1n) is 5.93. The summed E-state index contributed by atoms with van der Waals surface area (Å²) in [5.74, 6) is 0.316. The number of allylic oxidation sites excluding steroid dienone is 2. The molecule has 1 aliphatic carbocycles. The number of carbonyl (C=O) groups is 1. The summed E-state index contributed by atoms with van der Waals surface area (Å²) in [5.41, 5.74) is 1.41. The third-order valence-electron chi connectivity index (χ3n) is 3.20. The summed E-state index contributed by atoms with van der Waals surface area (Å²) in [7, 11) is 0. The summed E-state index contributed by atoms with van der Waals surface area (Å²) in [4.78, 5) is 12.0. The summed E-state index contributed by atoms with van der Waals surface area (Å²) in [6, 6.07) is 5.17. The minimum atomic E-state index is 0.0445. The molecule has 1 aliphatic rings. The predicted octanol–water partition coefficient (Wildman–Crippen LogP) is 3.00. The van der Waals surface area contributed by atoms with Gasteiger partial charge in [-0.3, -0.25) is 4.79 Å². The summed E-state index contributed by atoms with van der Waals surface area (Å²) in [6.07, 6.45) is 6.85. The van der Waals surface area contributed by atoms with Crippen molar-refractivity contribution in [1.29, 1.82) is 0 Å². The van der Waals surface area contributed by atoms with Crippen molar-refractivity contribution in [2.75, 3.05) is 5.32 Å². The zero-order chi connectivity index (χ0) is 12.3. The first-order valence-corrected chi connectivity index (χ1v) is 5.93. The van der Waals surface area contributed by atoms with Gasteiger partial charge in [-0.05, 0) is 38.3 Å². The van der Waals surface area contributed by atoms with E-state index < -0.39 is 0 Å². The standard InChI is InChI=1S/C14H17NO2/c1-10-12(8-5-9-13(10)16)15-14(17)11-6-3-2-4-7-11/h2-3,5,8-9,11,16H,4,6-7H2,1H3,(H,15,17). The third-order valence-corrected chi connectivity index (χ3v) is 3.20. The molecule has 0 spiro atoms. The van der Waals surface area contributed by atoms with Crippen molar-refractivity contribution in [1.82, 2.24) is 0 Å². The van der Waals surface area contributed by atoms with Crippen LogP contribution < -0.4 is 5.32 Å². The van der Waals surface area contributed by atoms with Gasteiger partial charge >= 0.3 is 0 Å². The van der Waals surface area contributed by atoms with Crippen molar-refractivity contribution >= 4 is 11.6 Å². The molecule has 1 aromatic rings. The molecule has 2 rings (SSSR count). The van der Waals surface area contributed by atoms with E-state index in [-0.39, 0.29) is 17.6 Å². The van der Waals surface area contributed by atoms with Crippen molar-refractivity contribution in [2.45, 2.75) is 26.2 Å². The fourth-order valence-electron chi connectivity index (χ4n) is 2.03. The highest BCUT2D eigenvalue weighted by Gasteiger charge is 2.19. The molecule has 0 saturated heterocycles. The number of hydrogen-bond donors (Lipinski definition) is 2. The van der Waals surface area contributed by atoms with Gasteiger partial charge < -0.3 is 10.4 Å². The molecule has 1 amide bonds. The number of anilines is 1. The van der Waals surface area contributed by atoms with E-state index in [1.54, 1.807) is 19.1 Å². The lowest BCUT2D eigenvalue weighted by Gasteiger charge is -2.18. The van der Waals surface area contributed by atoms with Crippen LogP contribution in [-0.4, -0.2) is 11.0 Å². The van der Waals surface area contributed by atoms with Crippen molar-refractivity contribution < 1.29 is 9.90 Å². The van der Waals surface area contributed by atoms with Crippen LogP contribution in [0.15, 0.2) is 30.4 Å². The average Bonchev–Trinajstić information content (AvgIpc) is 2.36. The van der Waals surface area contributed by atoms with E-state index >= 15 is 0 Å².